The van der Waals surface area contributed by atoms with Gasteiger partial charge in [-0.05, 0) is 38.1 Å². The Labute approximate surface area is 116 Å². The molecule has 102 valence electrons. The molecular weight excluding hydrogens is 254 g/mol. The number of carbonyl (C=O) groups excluding carboxylic acids is 1. The molecule has 0 saturated carbocycles. The van der Waals surface area contributed by atoms with Crippen LogP contribution in [0.25, 0.3) is 10.9 Å². The molecule has 0 aliphatic heterocycles. The van der Waals surface area contributed by atoms with Gasteiger partial charge in [-0.3, -0.25) is 4.79 Å². The molecule has 1 amide bonds. The number of nitrogens with zero attached hydrogens (tertiary/aromatic N) is 2. The van der Waals surface area contributed by atoms with Crippen molar-refractivity contribution >= 4 is 22.5 Å². The van der Waals surface area contributed by atoms with Gasteiger partial charge < -0.3 is 14.4 Å². The quantitative estimate of drug-likeness (QED) is 0.794. The summed E-state index contributed by atoms with van der Waals surface area (Å²) >= 11 is 0. The number of anilines is 1. The number of fused-ring (bicyclic) bond motifs is 1. The standard InChI is InChI=1S/C15H15N3O2/c1-3-18-7-6-11-9-12(4-5-13(11)18)16-15(19)14-8-10(2)17-20-14/h4-9H,3H2,1-2H3,(H,16,19). The first-order valence-electron chi connectivity index (χ1n) is 6.51. The van der Waals surface area contributed by atoms with E-state index in [9.17, 15) is 4.79 Å². The van der Waals surface area contributed by atoms with Crippen molar-refractivity contribution in [2.75, 3.05) is 5.32 Å². The maximum Gasteiger partial charge on any atom is 0.294 e. The van der Waals surface area contributed by atoms with Gasteiger partial charge in [0.25, 0.3) is 5.91 Å². The van der Waals surface area contributed by atoms with E-state index in [-0.39, 0.29) is 11.7 Å². The van der Waals surface area contributed by atoms with Gasteiger partial charge in [0, 0.05) is 35.4 Å². The van der Waals surface area contributed by atoms with E-state index in [4.69, 9.17) is 4.52 Å². The summed E-state index contributed by atoms with van der Waals surface area (Å²) < 4.78 is 7.09. The predicted octanol–water partition coefficient (Wildman–Crippen LogP) is 3.21. The fourth-order valence-corrected chi connectivity index (χ4v) is 2.22. The van der Waals surface area contributed by atoms with Crippen molar-refractivity contribution in [3.05, 3.63) is 48.0 Å². The van der Waals surface area contributed by atoms with Crippen molar-refractivity contribution in [3.8, 4) is 0 Å². The van der Waals surface area contributed by atoms with Gasteiger partial charge in [0.1, 0.15) is 0 Å². The second kappa shape index (κ2) is 4.85. The lowest BCUT2D eigenvalue weighted by Crippen LogP contribution is -2.10. The molecule has 0 aliphatic carbocycles. The number of rotatable bonds is 3. The molecule has 2 heterocycles. The normalized spacial score (nSPS) is 10.9. The molecule has 0 spiro atoms. The fraction of sp³-hybridized carbons (Fsp3) is 0.200. The highest BCUT2D eigenvalue weighted by Gasteiger charge is 2.12. The van der Waals surface area contributed by atoms with Crippen LogP contribution in [0.2, 0.25) is 0 Å². The Morgan fingerprint density at radius 2 is 2.20 bits per heavy atom. The van der Waals surface area contributed by atoms with Crippen molar-refractivity contribution in [2.24, 2.45) is 0 Å². The molecule has 5 nitrogen and oxygen atoms in total. The Morgan fingerprint density at radius 3 is 2.90 bits per heavy atom. The number of hydrogen-bond acceptors (Lipinski definition) is 3. The van der Waals surface area contributed by atoms with Crippen LogP contribution < -0.4 is 5.32 Å². The van der Waals surface area contributed by atoms with Crippen molar-refractivity contribution in [1.29, 1.82) is 0 Å². The average Bonchev–Trinajstić information content (AvgIpc) is 3.04. The van der Waals surface area contributed by atoms with Gasteiger partial charge in [0.2, 0.25) is 5.76 Å². The molecule has 0 saturated heterocycles. The maximum atomic E-state index is 12.0. The van der Waals surface area contributed by atoms with Crippen LogP contribution in [-0.2, 0) is 6.54 Å². The van der Waals surface area contributed by atoms with Gasteiger partial charge >= 0.3 is 0 Å². The van der Waals surface area contributed by atoms with Crippen molar-refractivity contribution < 1.29 is 9.32 Å². The first kappa shape index (κ1) is 12.5. The number of hydrogen-bond donors (Lipinski definition) is 1. The lowest BCUT2D eigenvalue weighted by atomic mass is 10.2. The van der Waals surface area contributed by atoms with Crippen LogP contribution in [-0.4, -0.2) is 15.6 Å². The molecule has 3 aromatic rings. The number of carbonyl (C=O) groups is 1. The lowest BCUT2D eigenvalue weighted by Gasteiger charge is -2.04. The van der Waals surface area contributed by atoms with Crippen molar-refractivity contribution in [1.82, 2.24) is 9.72 Å². The van der Waals surface area contributed by atoms with E-state index in [0.29, 0.717) is 5.69 Å². The SMILES string of the molecule is CCn1ccc2cc(NC(=O)c3cc(C)no3)ccc21. The smallest absolute Gasteiger partial charge is 0.294 e. The van der Waals surface area contributed by atoms with Crippen LogP contribution in [0.5, 0.6) is 0 Å². The minimum absolute atomic E-state index is 0.216. The Morgan fingerprint density at radius 1 is 1.35 bits per heavy atom. The molecule has 1 N–H and O–H groups in total. The maximum absolute atomic E-state index is 12.0. The lowest BCUT2D eigenvalue weighted by molar-refractivity contribution is 0.0988. The van der Waals surface area contributed by atoms with E-state index in [0.717, 1.165) is 23.1 Å². The predicted molar refractivity (Wildman–Crippen MR) is 76.8 cm³/mol. The Hall–Kier alpha value is -2.56. The van der Waals surface area contributed by atoms with Crippen LogP contribution in [0.15, 0.2) is 41.1 Å². The zero-order valence-corrected chi connectivity index (χ0v) is 11.4. The summed E-state index contributed by atoms with van der Waals surface area (Å²) in [7, 11) is 0. The molecule has 0 atom stereocenters. The third-order valence-corrected chi connectivity index (χ3v) is 3.22. The molecule has 0 bridgehead atoms. The van der Waals surface area contributed by atoms with Crippen LogP contribution >= 0.6 is 0 Å². The van der Waals surface area contributed by atoms with E-state index in [1.54, 1.807) is 13.0 Å². The zero-order valence-electron chi connectivity index (χ0n) is 11.4. The zero-order chi connectivity index (χ0) is 14.1. The van der Waals surface area contributed by atoms with E-state index in [1.807, 2.05) is 30.5 Å². The largest absolute Gasteiger partial charge is 0.351 e. The Balaban J connectivity index is 1.86. The second-order valence-corrected chi connectivity index (χ2v) is 4.66. The second-order valence-electron chi connectivity index (χ2n) is 4.66. The van der Waals surface area contributed by atoms with Crippen LogP contribution in [0.4, 0.5) is 5.69 Å². The van der Waals surface area contributed by atoms with E-state index < -0.39 is 0 Å². The molecule has 3 rings (SSSR count). The molecule has 0 unspecified atom stereocenters. The number of amides is 1. The molecule has 2 aromatic heterocycles. The van der Waals surface area contributed by atoms with Gasteiger partial charge in [-0.15, -0.1) is 0 Å². The number of benzene rings is 1. The third kappa shape index (κ3) is 2.18. The molecule has 0 aliphatic rings. The summed E-state index contributed by atoms with van der Waals surface area (Å²) in [6.07, 6.45) is 2.04. The highest BCUT2D eigenvalue weighted by Crippen LogP contribution is 2.21. The highest BCUT2D eigenvalue weighted by molar-refractivity contribution is 6.03. The number of aromatic nitrogens is 2. The van der Waals surface area contributed by atoms with E-state index in [1.165, 1.54) is 0 Å². The first-order valence-corrected chi connectivity index (χ1v) is 6.51. The van der Waals surface area contributed by atoms with Gasteiger partial charge in [-0.25, -0.2) is 0 Å². The summed E-state index contributed by atoms with van der Waals surface area (Å²) in [6.45, 7) is 4.80. The van der Waals surface area contributed by atoms with Crippen LogP contribution in [0.1, 0.15) is 23.2 Å². The summed E-state index contributed by atoms with van der Waals surface area (Å²) in [5, 5.41) is 7.61. The summed E-state index contributed by atoms with van der Waals surface area (Å²) in [6, 6.07) is 9.48. The van der Waals surface area contributed by atoms with E-state index in [2.05, 4.69) is 22.0 Å². The highest BCUT2D eigenvalue weighted by atomic mass is 16.5. The molecular formula is C15H15N3O2. The topological polar surface area (TPSA) is 60.1 Å². The minimum Gasteiger partial charge on any atom is -0.351 e. The van der Waals surface area contributed by atoms with Gasteiger partial charge in [-0.2, -0.15) is 0 Å². The molecule has 20 heavy (non-hydrogen) atoms. The third-order valence-electron chi connectivity index (χ3n) is 3.22. The van der Waals surface area contributed by atoms with Crippen molar-refractivity contribution in [3.63, 3.8) is 0 Å². The van der Waals surface area contributed by atoms with Crippen LogP contribution in [0.3, 0.4) is 0 Å². The van der Waals surface area contributed by atoms with Gasteiger partial charge in [0.05, 0.1) is 5.69 Å². The number of aryl methyl sites for hydroxylation is 2. The van der Waals surface area contributed by atoms with Gasteiger partial charge in [-0.1, -0.05) is 5.16 Å². The first-order chi connectivity index (χ1) is 9.67. The molecule has 0 radical (unpaired) electrons. The molecule has 1 aromatic carbocycles. The monoisotopic (exact) mass is 269 g/mol. The molecule has 0 fully saturated rings. The fourth-order valence-electron chi connectivity index (χ4n) is 2.22. The van der Waals surface area contributed by atoms with Gasteiger partial charge in [0.15, 0.2) is 0 Å². The van der Waals surface area contributed by atoms with Crippen molar-refractivity contribution in [2.45, 2.75) is 20.4 Å². The molecule has 5 heteroatoms. The summed E-state index contributed by atoms with van der Waals surface area (Å²) in [4.78, 5) is 12.0. The van der Waals surface area contributed by atoms with E-state index >= 15 is 0 Å². The number of nitrogens with one attached hydrogen (secondary N) is 1. The Kier molecular flexibility index (Phi) is 3.02. The Bertz CT molecular complexity index is 770. The summed E-state index contributed by atoms with van der Waals surface area (Å²) in [5.41, 5.74) is 2.58. The summed E-state index contributed by atoms with van der Waals surface area (Å²) in [5.74, 6) is -0.0754. The average molecular weight is 269 g/mol. The van der Waals surface area contributed by atoms with Crippen LogP contribution in [0, 0.1) is 6.92 Å². The minimum atomic E-state index is -0.292.